The zero-order valence-electron chi connectivity index (χ0n) is 14.2. The Kier molecular flexibility index (Phi) is 5.92. The molecule has 1 amide bonds. The average molecular weight is 459 g/mol. The highest BCUT2D eigenvalue weighted by atomic mass is 79.9. The minimum atomic E-state index is -3.93. The van der Waals surface area contributed by atoms with Gasteiger partial charge in [-0.3, -0.25) is 4.79 Å². The van der Waals surface area contributed by atoms with Gasteiger partial charge in [-0.25, -0.2) is 17.2 Å². The first kappa shape index (κ1) is 19.9. The average Bonchev–Trinajstić information content (AvgIpc) is 2.66. The smallest absolute Gasteiger partial charge is 0.243 e. The molecule has 0 N–H and O–H groups in total. The van der Waals surface area contributed by atoms with Gasteiger partial charge < -0.3 is 4.90 Å². The van der Waals surface area contributed by atoms with Crippen molar-refractivity contribution in [3.8, 4) is 0 Å². The van der Waals surface area contributed by atoms with Crippen LogP contribution in [0.3, 0.4) is 0 Å². The minimum absolute atomic E-state index is 0.0813. The Morgan fingerprint density at radius 1 is 0.963 bits per heavy atom. The summed E-state index contributed by atoms with van der Waals surface area (Å²) < 4.78 is 53.7. The van der Waals surface area contributed by atoms with Crippen molar-refractivity contribution in [1.29, 1.82) is 0 Å². The zero-order valence-corrected chi connectivity index (χ0v) is 16.6. The Hall–Kier alpha value is -1.84. The van der Waals surface area contributed by atoms with Crippen molar-refractivity contribution in [1.82, 2.24) is 9.21 Å². The zero-order chi connectivity index (χ0) is 19.6. The largest absolute Gasteiger partial charge is 0.340 e. The number of carbonyl (C=O) groups is 1. The Morgan fingerprint density at radius 3 is 2.19 bits per heavy atom. The maximum absolute atomic E-state index is 13.4. The van der Waals surface area contributed by atoms with Gasteiger partial charge in [0.15, 0.2) is 11.6 Å². The second-order valence-electron chi connectivity index (χ2n) is 6.16. The van der Waals surface area contributed by atoms with Gasteiger partial charge in [0.05, 0.1) is 11.3 Å². The van der Waals surface area contributed by atoms with E-state index in [9.17, 15) is 22.0 Å². The van der Waals surface area contributed by atoms with E-state index in [1.165, 1.54) is 4.31 Å². The number of carbonyl (C=O) groups excluding carboxylic acids is 1. The molecule has 2 aromatic rings. The molecule has 9 heteroatoms. The lowest BCUT2D eigenvalue weighted by Gasteiger charge is -2.34. The molecular weight excluding hydrogens is 442 g/mol. The molecule has 1 aliphatic heterocycles. The fourth-order valence-corrected chi connectivity index (χ4v) is 4.55. The van der Waals surface area contributed by atoms with E-state index < -0.39 is 21.7 Å². The Labute approximate surface area is 164 Å². The van der Waals surface area contributed by atoms with Crippen LogP contribution in [0, 0.1) is 11.6 Å². The predicted molar refractivity (Wildman–Crippen MR) is 99.5 cm³/mol. The highest BCUT2D eigenvalue weighted by Crippen LogP contribution is 2.20. The van der Waals surface area contributed by atoms with E-state index in [0.717, 1.165) is 22.2 Å². The number of hydrogen-bond acceptors (Lipinski definition) is 3. The van der Waals surface area contributed by atoms with Crippen molar-refractivity contribution in [2.75, 3.05) is 26.2 Å². The van der Waals surface area contributed by atoms with E-state index in [2.05, 4.69) is 15.9 Å². The number of amides is 1. The van der Waals surface area contributed by atoms with Crippen molar-refractivity contribution in [3.63, 3.8) is 0 Å². The normalized spacial score (nSPS) is 15.7. The number of benzene rings is 2. The molecule has 1 aliphatic rings. The van der Waals surface area contributed by atoms with Gasteiger partial charge in [0.2, 0.25) is 15.9 Å². The molecule has 0 unspecified atom stereocenters. The summed E-state index contributed by atoms with van der Waals surface area (Å²) in [7, 11) is -3.93. The number of hydrogen-bond donors (Lipinski definition) is 0. The summed E-state index contributed by atoms with van der Waals surface area (Å²) in [5.41, 5.74) is 0.875. The second kappa shape index (κ2) is 8.04. The fraction of sp³-hybridized carbons (Fsp3) is 0.278. The molecule has 27 heavy (non-hydrogen) atoms. The third kappa shape index (κ3) is 4.53. The minimum Gasteiger partial charge on any atom is -0.340 e. The number of nitrogens with zero attached hydrogens (tertiary/aromatic N) is 2. The molecule has 0 atom stereocenters. The molecule has 2 aromatic carbocycles. The van der Waals surface area contributed by atoms with E-state index in [1.807, 2.05) is 24.3 Å². The van der Waals surface area contributed by atoms with Crippen LogP contribution in [0.25, 0.3) is 0 Å². The van der Waals surface area contributed by atoms with Gasteiger partial charge in [-0.1, -0.05) is 28.1 Å². The molecule has 5 nitrogen and oxygen atoms in total. The number of sulfonamides is 1. The standard InChI is InChI=1S/C18H17BrF2N2O3S/c19-14-3-1-13(2-4-14)11-18(24)22-7-9-23(10-8-22)27(25,26)15-5-6-16(20)17(21)12-15/h1-6,12H,7-11H2. The van der Waals surface area contributed by atoms with Gasteiger partial charge in [0.25, 0.3) is 0 Å². The molecule has 0 saturated carbocycles. The molecule has 144 valence electrons. The third-order valence-electron chi connectivity index (χ3n) is 4.39. The molecule has 1 fully saturated rings. The van der Waals surface area contributed by atoms with Crippen LogP contribution in [0.5, 0.6) is 0 Å². The van der Waals surface area contributed by atoms with Gasteiger partial charge in [0.1, 0.15) is 0 Å². The van der Waals surface area contributed by atoms with Gasteiger partial charge in [-0.05, 0) is 35.9 Å². The predicted octanol–water partition coefficient (Wildman–Crippen LogP) is 2.80. The summed E-state index contributed by atoms with van der Waals surface area (Å²) in [6.07, 6.45) is 0.239. The summed E-state index contributed by atoms with van der Waals surface area (Å²) in [4.78, 5) is 13.7. The van der Waals surface area contributed by atoms with Gasteiger partial charge in [-0.2, -0.15) is 4.31 Å². The lowest BCUT2D eigenvalue weighted by Crippen LogP contribution is -2.50. The van der Waals surface area contributed by atoms with Gasteiger partial charge in [0, 0.05) is 30.7 Å². The second-order valence-corrected chi connectivity index (χ2v) is 9.02. The molecule has 0 radical (unpaired) electrons. The van der Waals surface area contributed by atoms with Crippen LogP contribution in [0.15, 0.2) is 51.8 Å². The van der Waals surface area contributed by atoms with Crippen molar-refractivity contribution in [3.05, 3.63) is 64.1 Å². The van der Waals surface area contributed by atoms with E-state index in [-0.39, 0.29) is 43.4 Å². The van der Waals surface area contributed by atoms with E-state index in [0.29, 0.717) is 6.07 Å². The molecule has 0 bridgehead atoms. The molecular formula is C18H17BrF2N2O3S. The monoisotopic (exact) mass is 458 g/mol. The van der Waals surface area contributed by atoms with Crippen LogP contribution < -0.4 is 0 Å². The van der Waals surface area contributed by atoms with E-state index in [1.54, 1.807) is 4.90 Å². The lowest BCUT2D eigenvalue weighted by molar-refractivity contribution is -0.131. The number of rotatable bonds is 4. The highest BCUT2D eigenvalue weighted by Gasteiger charge is 2.30. The molecule has 1 saturated heterocycles. The quantitative estimate of drug-likeness (QED) is 0.707. The van der Waals surface area contributed by atoms with Crippen molar-refractivity contribution in [2.24, 2.45) is 0 Å². The molecule has 3 rings (SSSR count). The Bertz CT molecular complexity index is 944. The summed E-state index contributed by atoms with van der Waals surface area (Å²) in [5, 5.41) is 0. The van der Waals surface area contributed by atoms with Crippen LogP contribution in [-0.2, 0) is 21.2 Å². The molecule has 0 spiro atoms. The highest BCUT2D eigenvalue weighted by molar-refractivity contribution is 9.10. The maximum atomic E-state index is 13.4. The number of halogens is 3. The third-order valence-corrected chi connectivity index (χ3v) is 6.81. The van der Waals surface area contributed by atoms with E-state index >= 15 is 0 Å². The summed E-state index contributed by atoms with van der Waals surface area (Å²) in [6, 6.07) is 9.93. The molecule has 0 aromatic heterocycles. The maximum Gasteiger partial charge on any atom is 0.243 e. The lowest BCUT2D eigenvalue weighted by atomic mass is 10.1. The summed E-state index contributed by atoms with van der Waals surface area (Å²) in [5.74, 6) is -2.39. The Morgan fingerprint density at radius 2 is 1.59 bits per heavy atom. The van der Waals surface area contributed by atoms with Crippen molar-refractivity contribution < 1.29 is 22.0 Å². The molecule has 1 heterocycles. The van der Waals surface area contributed by atoms with Crippen LogP contribution in [-0.4, -0.2) is 49.7 Å². The van der Waals surface area contributed by atoms with Crippen LogP contribution in [0.4, 0.5) is 8.78 Å². The Balaban J connectivity index is 1.63. The first-order valence-corrected chi connectivity index (χ1v) is 10.5. The van der Waals surface area contributed by atoms with E-state index in [4.69, 9.17) is 0 Å². The summed E-state index contributed by atoms with van der Waals surface area (Å²) in [6.45, 7) is 0.706. The molecule has 0 aliphatic carbocycles. The first-order valence-electron chi connectivity index (χ1n) is 8.25. The van der Waals surface area contributed by atoms with Crippen molar-refractivity contribution >= 4 is 31.9 Å². The van der Waals surface area contributed by atoms with Crippen molar-refractivity contribution in [2.45, 2.75) is 11.3 Å². The fourth-order valence-electron chi connectivity index (χ4n) is 2.85. The van der Waals surface area contributed by atoms with Crippen LogP contribution in [0.2, 0.25) is 0 Å². The van der Waals surface area contributed by atoms with Crippen LogP contribution >= 0.6 is 15.9 Å². The van der Waals surface area contributed by atoms with Gasteiger partial charge >= 0.3 is 0 Å². The first-order chi connectivity index (χ1) is 12.8. The summed E-state index contributed by atoms with van der Waals surface area (Å²) >= 11 is 3.34. The topological polar surface area (TPSA) is 57.7 Å². The number of piperazine rings is 1. The van der Waals surface area contributed by atoms with Gasteiger partial charge in [-0.15, -0.1) is 0 Å². The SMILES string of the molecule is O=C(Cc1ccc(Br)cc1)N1CCN(S(=O)(=O)c2ccc(F)c(F)c2)CC1. The van der Waals surface area contributed by atoms with Crippen LogP contribution in [0.1, 0.15) is 5.56 Å².